The van der Waals surface area contributed by atoms with Gasteiger partial charge in [0, 0.05) is 38.4 Å². The van der Waals surface area contributed by atoms with E-state index < -0.39 is 0 Å². The standard InChI is InChI=1S/C13H14N4/c1-15-13-9(7-14)8-16-12-5-4-10(17(2)3)6-11(12)13/h4-6,8H,1-3H3,(H,15,16). The average Bonchev–Trinajstić information content (AvgIpc) is 2.36. The molecule has 1 N–H and O–H groups in total. The Kier molecular flexibility index (Phi) is 2.84. The molecule has 1 heterocycles. The molecule has 1 aromatic carbocycles. The first-order valence-corrected chi connectivity index (χ1v) is 5.35. The highest BCUT2D eigenvalue weighted by Gasteiger charge is 2.08. The molecule has 86 valence electrons. The second kappa shape index (κ2) is 4.30. The molecule has 0 aliphatic carbocycles. The Balaban J connectivity index is 2.77. The van der Waals surface area contributed by atoms with Gasteiger partial charge in [-0.3, -0.25) is 4.98 Å². The maximum Gasteiger partial charge on any atom is 0.103 e. The summed E-state index contributed by atoms with van der Waals surface area (Å²) in [6.45, 7) is 0. The van der Waals surface area contributed by atoms with Crippen LogP contribution in [0.1, 0.15) is 5.56 Å². The minimum absolute atomic E-state index is 0.566. The van der Waals surface area contributed by atoms with Crippen molar-refractivity contribution in [3.05, 3.63) is 30.0 Å². The number of nitriles is 1. The Hall–Kier alpha value is -2.28. The van der Waals surface area contributed by atoms with Crippen LogP contribution in [0.25, 0.3) is 10.9 Å². The highest BCUT2D eigenvalue weighted by atomic mass is 15.1. The molecule has 0 atom stereocenters. The molecular formula is C13H14N4. The molecule has 17 heavy (non-hydrogen) atoms. The molecule has 0 amide bonds. The lowest BCUT2D eigenvalue weighted by atomic mass is 10.1. The maximum atomic E-state index is 9.05. The molecule has 0 radical (unpaired) electrons. The van der Waals surface area contributed by atoms with Crippen molar-refractivity contribution in [2.24, 2.45) is 0 Å². The van der Waals surface area contributed by atoms with E-state index in [1.165, 1.54) is 0 Å². The van der Waals surface area contributed by atoms with Crippen molar-refractivity contribution in [3.8, 4) is 6.07 Å². The number of nitrogens with zero attached hydrogens (tertiary/aromatic N) is 3. The van der Waals surface area contributed by atoms with Crippen molar-refractivity contribution in [1.82, 2.24) is 4.98 Å². The number of rotatable bonds is 2. The Morgan fingerprint density at radius 2 is 2.12 bits per heavy atom. The van der Waals surface area contributed by atoms with Crippen LogP contribution in [-0.4, -0.2) is 26.1 Å². The van der Waals surface area contributed by atoms with Crippen molar-refractivity contribution < 1.29 is 0 Å². The smallest absolute Gasteiger partial charge is 0.103 e. The largest absolute Gasteiger partial charge is 0.386 e. The van der Waals surface area contributed by atoms with E-state index in [2.05, 4.69) is 16.4 Å². The molecule has 0 aliphatic heterocycles. The van der Waals surface area contributed by atoms with Crippen LogP contribution in [0.15, 0.2) is 24.4 Å². The average molecular weight is 226 g/mol. The van der Waals surface area contributed by atoms with Crippen molar-refractivity contribution in [2.45, 2.75) is 0 Å². The summed E-state index contributed by atoms with van der Waals surface area (Å²) in [6, 6.07) is 8.17. The summed E-state index contributed by atoms with van der Waals surface area (Å²) in [7, 11) is 5.79. The van der Waals surface area contributed by atoms with Crippen LogP contribution in [0, 0.1) is 11.3 Å². The van der Waals surface area contributed by atoms with E-state index in [-0.39, 0.29) is 0 Å². The molecule has 0 aliphatic rings. The number of pyridine rings is 1. The summed E-state index contributed by atoms with van der Waals surface area (Å²) in [4.78, 5) is 6.31. The Bertz CT molecular complexity index is 596. The van der Waals surface area contributed by atoms with E-state index in [1.807, 2.05) is 44.2 Å². The number of hydrogen-bond donors (Lipinski definition) is 1. The number of nitrogens with one attached hydrogen (secondary N) is 1. The lowest BCUT2D eigenvalue weighted by Gasteiger charge is -2.14. The van der Waals surface area contributed by atoms with E-state index in [0.29, 0.717) is 5.56 Å². The third-order valence-electron chi connectivity index (χ3n) is 2.74. The monoisotopic (exact) mass is 226 g/mol. The second-order valence-corrected chi connectivity index (χ2v) is 4.00. The molecule has 0 fully saturated rings. The van der Waals surface area contributed by atoms with E-state index >= 15 is 0 Å². The molecule has 2 aromatic rings. The predicted octanol–water partition coefficient (Wildman–Crippen LogP) is 2.21. The summed E-state index contributed by atoms with van der Waals surface area (Å²) in [5.74, 6) is 0. The van der Waals surface area contributed by atoms with Gasteiger partial charge >= 0.3 is 0 Å². The second-order valence-electron chi connectivity index (χ2n) is 4.00. The zero-order valence-corrected chi connectivity index (χ0v) is 10.2. The third kappa shape index (κ3) is 1.87. The van der Waals surface area contributed by atoms with E-state index in [4.69, 9.17) is 5.26 Å². The topological polar surface area (TPSA) is 52.0 Å². The van der Waals surface area contributed by atoms with Gasteiger partial charge in [-0.25, -0.2) is 0 Å². The van der Waals surface area contributed by atoms with Gasteiger partial charge < -0.3 is 10.2 Å². The molecule has 4 heteroatoms. The van der Waals surface area contributed by atoms with Gasteiger partial charge in [-0.15, -0.1) is 0 Å². The molecule has 1 aromatic heterocycles. The van der Waals surface area contributed by atoms with Crippen LogP contribution in [-0.2, 0) is 0 Å². The fraction of sp³-hybridized carbons (Fsp3) is 0.231. The van der Waals surface area contributed by atoms with Crippen molar-refractivity contribution >= 4 is 22.3 Å². The van der Waals surface area contributed by atoms with Gasteiger partial charge in [0.2, 0.25) is 0 Å². The normalized spacial score (nSPS) is 10.0. The van der Waals surface area contributed by atoms with Gasteiger partial charge in [-0.1, -0.05) is 0 Å². The quantitative estimate of drug-likeness (QED) is 0.853. The fourth-order valence-corrected chi connectivity index (χ4v) is 1.81. The third-order valence-corrected chi connectivity index (χ3v) is 2.74. The Morgan fingerprint density at radius 3 is 2.71 bits per heavy atom. The fourth-order valence-electron chi connectivity index (χ4n) is 1.81. The van der Waals surface area contributed by atoms with Crippen molar-refractivity contribution in [1.29, 1.82) is 5.26 Å². The molecule has 0 spiro atoms. The first-order valence-electron chi connectivity index (χ1n) is 5.35. The number of fused-ring (bicyclic) bond motifs is 1. The minimum Gasteiger partial charge on any atom is -0.386 e. The van der Waals surface area contributed by atoms with Crippen LogP contribution in [0.5, 0.6) is 0 Å². The number of benzene rings is 1. The molecular weight excluding hydrogens is 212 g/mol. The number of anilines is 2. The van der Waals surface area contributed by atoms with E-state index in [9.17, 15) is 0 Å². The lowest BCUT2D eigenvalue weighted by molar-refractivity contribution is 1.13. The lowest BCUT2D eigenvalue weighted by Crippen LogP contribution is -2.08. The van der Waals surface area contributed by atoms with E-state index in [1.54, 1.807) is 6.20 Å². The van der Waals surface area contributed by atoms with E-state index in [0.717, 1.165) is 22.3 Å². The highest BCUT2D eigenvalue weighted by Crippen LogP contribution is 2.28. The van der Waals surface area contributed by atoms with Gasteiger partial charge in [0.15, 0.2) is 0 Å². The van der Waals surface area contributed by atoms with Crippen LogP contribution < -0.4 is 10.2 Å². The summed E-state index contributed by atoms with van der Waals surface area (Å²) in [5.41, 5.74) is 3.38. The zero-order chi connectivity index (χ0) is 12.4. The molecule has 0 saturated heterocycles. The first kappa shape index (κ1) is 11.2. The van der Waals surface area contributed by atoms with Crippen LogP contribution in [0.4, 0.5) is 11.4 Å². The summed E-state index contributed by atoms with van der Waals surface area (Å²) in [5, 5.41) is 13.1. The summed E-state index contributed by atoms with van der Waals surface area (Å²) in [6.07, 6.45) is 1.60. The van der Waals surface area contributed by atoms with Crippen LogP contribution in [0.2, 0.25) is 0 Å². The Morgan fingerprint density at radius 1 is 1.35 bits per heavy atom. The van der Waals surface area contributed by atoms with Crippen molar-refractivity contribution in [3.63, 3.8) is 0 Å². The molecule has 0 unspecified atom stereocenters. The molecule has 0 bridgehead atoms. The maximum absolute atomic E-state index is 9.05. The van der Waals surface area contributed by atoms with Crippen molar-refractivity contribution in [2.75, 3.05) is 31.4 Å². The zero-order valence-electron chi connectivity index (χ0n) is 10.2. The number of aromatic nitrogens is 1. The Labute approximate surface area is 100 Å². The van der Waals surface area contributed by atoms with Gasteiger partial charge in [0.25, 0.3) is 0 Å². The van der Waals surface area contributed by atoms with Crippen LogP contribution in [0.3, 0.4) is 0 Å². The van der Waals surface area contributed by atoms with Gasteiger partial charge in [-0.05, 0) is 18.2 Å². The number of hydrogen-bond acceptors (Lipinski definition) is 4. The molecule has 0 saturated carbocycles. The highest BCUT2D eigenvalue weighted by molar-refractivity contribution is 5.95. The predicted molar refractivity (Wildman–Crippen MR) is 70.3 cm³/mol. The molecule has 4 nitrogen and oxygen atoms in total. The minimum atomic E-state index is 0.566. The van der Waals surface area contributed by atoms with Gasteiger partial charge in [-0.2, -0.15) is 5.26 Å². The summed E-state index contributed by atoms with van der Waals surface area (Å²) >= 11 is 0. The summed E-state index contributed by atoms with van der Waals surface area (Å²) < 4.78 is 0. The first-order chi connectivity index (χ1) is 8.17. The van der Waals surface area contributed by atoms with Gasteiger partial charge in [0.1, 0.15) is 6.07 Å². The molecule has 2 rings (SSSR count). The van der Waals surface area contributed by atoms with Crippen LogP contribution >= 0.6 is 0 Å². The SMILES string of the molecule is CNc1c(C#N)cnc2ccc(N(C)C)cc12. The van der Waals surface area contributed by atoms with Gasteiger partial charge in [0.05, 0.1) is 16.8 Å².